The van der Waals surface area contributed by atoms with Crippen molar-refractivity contribution >= 4 is 11.4 Å². The van der Waals surface area contributed by atoms with Gasteiger partial charge in [-0.25, -0.2) is 0 Å². The lowest BCUT2D eigenvalue weighted by Gasteiger charge is -2.19. The maximum absolute atomic E-state index is 6.05. The van der Waals surface area contributed by atoms with E-state index >= 15 is 0 Å². The summed E-state index contributed by atoms with van der Waals surface area (Å²) in [5.41, 5.74) is 6.84. The maximum Gasteiger partial charge on any atom is 0.163 e. The van der Waals surface area contributed by atoms with Gasteiger partial charge in [-0.15, -0.1) is 0 Å². The van der Waals surface area contributed by atoms with Gasteiger partial charge in [0.25, 0.3) is 0 Å². The fraction of sp³-hybridized carbons (Fsp3) is 0.538. The first-order valence-electron chi connectivity index (χ1n) is 11.6. The molecule has 7 nitrogen and oxygen atoms in total. The standard InChI is InChI=1S/C26H37NO6/c1-19-15-21(3)26(22(4)16-19)27-23-18-25-24(17-20(23)2)32-13-11-30-9-7-28-5-6-29-8-10-31-12-14-33-25/h15-18,27H,5-14H2,1-4H3. The van der Waals surface area contributed by atoms with Crippen molar-refractivity contribution in [2.75, 3.05) is 71.4 Å². The van der Waals surface area contributed by atoms with Gasteiger partial charge in [0.05, 0.1) is 52.9 Å². The van der Waals surface area contributed by atoms with Crippen LogP contribution in [0.25, 0.3) is 0 Å². The van der Waals surface area contributed by atoms with Crippen LogP contribution in [-0.2, 0) is 18.9 Å². The van der Waals surface area contributed by atoms with Crippen LogP contribution in [0, 0.1) is 27.7 Å². The molecule has 0 spiro atoms. The lowest BCUT2D eigenvalue weighted by atomic mass is 10.0. The van der Waals surface area contributed by atoms with Gasteiger partial charge >= 0.3 is 0 Å². The monoisotopic (exact) mass is 459 g/mol. The minimum absolute atomic E-state index is 0.418. The molecule has 3 rings (SSSR count). The summed E-state index contributed by atoms with van der Waals surface area (Å²) in [6.07, 6.45) is 0. The molecule has 7 heteroatoms. The highest BCUT2D eigenvalue weighted by molar-refractivity contribution is 5.71. The zero-order valence-electron chi connectivity index (χ0n) is 20.3. The number of benzene rings is 2. The fourth-order valence-electron chi connectivity index (χ4n) is 3.72. The van der Waals surface area contributed by atoms with Gasteiger partial charge in [-0.3, -0.25) is 0 Å². The summed E-state index contributed by atoms with van der Waals surface area (Å²) < 4.78 is 34.2. The highest BCUT2D eigenvalue weighted by Crippen LogP contribution is 2.36. The lowest BCUT2D eigenvalue weighted by molar-refractivity contribution is -0.00841. The van der Waals surface area contributed by atoms with Crippen molar-refractivity contribution in [2.24, 2.45) is 0 Å². The minimum atomic E-state index is 0.418. The number of hydrogen-bond acceptors (Lipinski definition) is 7. The Morgan fingerprint density at radius 3 is 1.42 bits per heavy atom. The molecule has 33 heavy (non-hydrogen) atoms. The van der Waals surface area contributed by atoms with Crippen molar-refractivity contribution in [3.63, 3.8) is 0 Å². The molecule has 1 aliphatic heterocycles. The summed E-state index contributed by atoms with van der Waals surface area (Å²) in [5, 5.41) is 3.60. The molecule has 2 aromatic rings. The topological polar surface area (TPSA) is 67.4 Å². The summed E-state index contributed by atoms with van der Waals surface area (Å²) in [5.74, 6) is 1.37. The normalized spacial score (nSPS) is 17.1. The first-order chi connectivity index (χ1) is 16.0. The lowest BCUT2D eigenvalue weighted by Crippen LogP contribution is -2.16. The van der Waals surface area contributed by atoms with Crippen molar-refractivity contribution in [3.8, 4) is 11.5 Å². The van der Waals surface area contributed by atoms with E-state index < -0.39 is 0 Å². The number of nitrogens with one attached hydrogen (secondary N) is 1. The third-order valence-electron chi connectivity index (χ3n) is 5.31. The SMILES string of the molecule is Cc1cc(C)c(Nc2cc3c(cc2C)OCCOCCOCCOCCOCCO3)c(C)c1. The quantitative estimate of drug-likeness (QED) is 0.709. The second-order valence-corrected chi connectivity index (χ2v) is 8.16. The Morgan fingerprint density at radius 1 is 0.515 bits per heavy atom. The molecule has 1 N–H and O–H groups in total. The van der Waals surface area contributed by atoms with E-state index in [-0.39, 0.29) is 0 Å². The first-order valence-corrected chi connectivity index (χ1v) is 11.6. The maximum atomic E-state index is 6.05. The third-order valence-corrected chi connectivity index (χ3v) is 5.31. The minimum Gasteiger partial charge on any atom is -0.487 e. The average molecular weight is 460 g/mol. The van der Waals surface area contributed by atoms with E-state index in [9.17, 15) is 0 Å². The van der Waals surface area contributed by atoms with Gasteiger partial charge in [-0.05, 0) is 50.5 Å². The predicted molar refractivity (Wildman–Crippen MR) is 129 cm³/mol. The van der Waals surface area contributed by atoms with Gasteiger partial charge in [0.15, 0.2) is 11.5 Å². The van der Waals surface area contributed by atoms with Crippen molar-refractivity contribution in [2.45, 2.75) is 27.7 Å². The van der Waals surface area contributed by atoms with Crippen molar-refractivity contribution in [1.29, 1.82) is 0 Å². The molecule has 0 amide bonds. The predicted octanol–water partition coefficient (Wildman–Crippen LogP) is 4.50. The Hall–Kier alpha value is -2.32. The van der Waals surface area contributed by atoms with Gasteiger partial charge < -0.3 is 33.7 Å². The van der Waals surface area contributed by atoms with Crippen LogP contribution in [0.5, 0.6) is 11.5 Å². The Labute approximate surface area is 197 Å². The van der Waals surface area contributed by atoms with Crippen LogP contribution in [0.3, 0.4) is 0 Å². The van der Waals surface area contributed by atoms with E-state index in [1.165, 1.54) is 16.7 Å². The number of rotatable bonds is 2. The molecule has 0 atom stereocenters. The number of aryl methyl sites for hydroxylation is 4. The number of fused-ring (bicyclic) bond motifs is 1. The van der Waals surface area contributed by atoms with Crippen LogP contribution in [-0.4, -0.2) is 66.1 Å². The summed E-state index contributed by atoms with van der Waals surface area (Å²) >= 11 is 0. The summed E-state index contributed by atoms with van der Waals surface area (Å²) in [7, 11) is 0. The van der Waals surface area contributed by atoms with E-state index in [2.05, 4.69) is 45.1 Å². The molecule has 2 aromatic carbocycles. The molecule has 0 aromatic heterocycles. The Morgan fingerprint density at radius 2 is 0.939 bits per heavy atom. The van der Waals surface area contributed by atoms with E-state index in [4.69, 9.17) is 28.4 Å². The van der Waals surface area contributed by atoms with Crippen molar-refractivity contribution < 1.29 is 28.4 Å². The van der Waals surface area contributed by atoms with Gasteiger partial charge in [0.2, 0.25) is 0 Å². The van der Waals surface area contributed by atoms with Gasteiger partial charge in [0.1, 0.15) is 13.2 Å². The largest absolute Gasteiger partial charge is 0.487 e. The molecular weight excluding hydrogens is 422 g/mol. The van der Waals surface area contributed by atoms with Crippen LogP contribution >= 0.6 is 0 Å². The molecule has 0 saturated heterocycles. The molecule has 1 heterocycles. The third kappa shape index (κ3) is 8.19. The highest BCUT2D eigenvalue weighted by atomic mass is 16.6. The van der Waals surface area contributed by atoms with E-state index in [0.29, 0.717) is 77.6 Å². The highest BCUT2D eigenvalue weighted by Gasteiger charge is 2.13. The average Bonchev–Trinajstić information content (AvgIpc) is 2.77. The first kappa shape index (κ1) is 25.3. The van der Waals surface area contributed by atoms with Gasteiger partial charge in [-0.1, -0.05) is 17.7 Å². The zero-order chi connectivity index (χ0) is 23.5. The summed E-state index contributed by atoms with van der Waals surface area (Å²) in [6, 6.07) is 8.38. The molecule has 1 aliphatic rings. The molecule has 0 unspecified atom stereocenters. The number of ether oxygens (including phenoxy) is 6. The molecular formula is C26H37NO6. The van der Waals surface area contributed by atoms with Crippen LogP contribution in [0.1, 0.15) is 22.3 Å². The van der Waals surface area contributed by atoms with E-state index in [1.54, 1.807) is 0 Å². The van der Waals surface area contributed by atoms with Crippen LogP contribution in [0.2, 0.25) is 0 Å². The van der Waals surface area contributed by atoms with Crippen molar-refractivity contribution in [1.82, 2.24) is 0 Å². The molecule has 182 valence electrons. The smallest absolute Gasteiger partial charge is 0.163 e. The second-order valence-electron chi connectivity index (χ2n) is 8.16. The van der Waals surface area contributed by atoms with E-state index in [1.807, 2.05) is 12.1 Å². The Balaban J connectivity index is 1.74. The molecule has 0 bridgehead atoms. The summed E-state index contributed by atoms with van der Waals surface area (Å²) in [6.45, 7) is 13.4. The second kappa shape index (κ2) is 13.4. The molecule has 0 radical (unpaired) electrons. The Kier molecular flexibility index (Phi) is 10.3. The molecule has 0 saturated carbocycles. The number of hydrogen-bond donors (Lipinski definition) is 1. The molecule has 0 fully saturated rings. The fourth-order valence-corrected chi connectivity index (χ4v) is 3.72. The molecule has 0 aliphatic carbocycles. The van der Waals surface area contributed by atoms with Gasteiger partial charge in [-0.2, -0.15) is 0 Å². The van der Waals surface area contributed by atoms with Crippen LogP contribution < -0.4 is 14.8 Å². The summed E-state index contributed by atoms with van der Waals surface area (Å²) in [4.78, 5) is 0. The zero-order valence-corrected chi connectivity index (χ0v) is 20.3. The van der Waals surface area contributed by atoms with Gasteiger partial charge in [0, 0.05) is 17.4 Å². The van der Waals surface area contributed by atoms with E-state index in [0.717, 1.165) is 16.9 Å². The Bertz CT molecular complexity index is 862. The van der Waals surface area contributed by atoms with Crippen LogP contribution in [0.15, 0.2) is 24.3 Å². The van der Waals surface area contributed by atoms with Crippen molar-refractivity contribution in [3.05, 3.63) is 46.5 Å². The van der Waals surface area contributed by atoms with Crippen LogP contribution in [0.4, 0.5) is 11.4 Å². The number of anilines is 2.